The maximum atomic E-state index is 11.7. The van der Waals surface area contributed by atoms with Crippen molar-refractivity contribution in [3.8, 4) is 0 Å². The minimum absolute atomic E-state index is 0.121. The Bertz CT molecular complexity index is 429. The van der Waals surface area contributed by atoms with Gasteiger partial charge in [-0.05, 0) is 34.5 Å². The zero-order valence-electron chi connectivity index (χ0n) is 8.96. The molecule has 88 valence electrons. The van der Waals surface area contributed by atoms with Crippen molar-refractivity contribution in [3.63, 3.8) is 0 Å². The number of methoxy groups -OCH3 is 1. The van der Waals surface area contributed by atoms with Gasteiger partial charge in [0, 0.05) is 7.11 Å². The van der Waals surface area contributed by atoms with Gasteiger partial charge in [-0.15, -0.1) is 0 Å². The normalized spacial score (nSPS) is 20.2. The lowest BCUT2D eigenvalue weighted by Gasteiger charge is -2.10. The predicted molar refractivity (Wildman–Crippen MR) is 67.7 cm³/mol. The summed E-state index contributed by atoms with van der Waals surface area (Å²) in [6.07, 6.45) is 2.27. The summed E-state index contributed by atoms with van der Waals surface area (Å²) >= 11 is 5.08. The molecular weight excluding hydrogens is 292 g/mol. The second kappa shape index (κ2) is 5.33. The number of H-pyrrole nitrogens is 1. The van der Waals surface area contributed by atoms with Crippen molar-refractivity contribution in [2.24, 2.45) is 0 Å². The molecule has 1 aliphatic heterocycles. The van der Waals surface area contributed by atoms with E-state index >= 15 is 0 Å². The second-order valence-electron chi connectivity index (χ2n) is 3.65. The first-order valence-electron chi connectivity index (χ1n) is 5.11. The van der Waals surface area contributed by atoms with Gasteiger partial charge in [0.2, 0.25) is 0 Å². The van der Waals surface area contributed by atoms with Gasteiger partial charge in [0.15, 0.2) is 0 Å². The number of hydrogen-bond acceptors (Lipinski definition) is 4. The fourth-order valence-corrected chi connectivity index (χ4v) is 3.23. The zero-order chi connectivity index (χ0) is 11.5. The molecule has 0 aromatic carbocycles. The minimum atomic E-state index is -0.121. The van der Waals surface area contributed by atoms with Crippen LogP contribution in [0.2, 0.25) is 0 Å². The lowest BCUT2D eigenvalue weighted by molar-refractivity contribution is 0.180. The van der Waals surface area contributed by atoms with Crippen molar-refractivity contribution in [1.29, 1.82) is 0 Å². The fraction of sp³-hybridized carbons (Fsp3) is 0.600. The van der Waals surface area contributed by atoms with Crippen LogP contribution < -0.4 is 5.56 Å². The summed E-state index contributed by atoms with van der Waals surface area (Å²) in [6.45, 7) is 0.356. The number of halogens is 1. The third-order valence-corrected chi connectivity index (χ3v) is 4.67. The van der Waals surface area contributed by atoms with Crippen molar-refractivity contribution in [3.05, 3.63) is 26.3 Å². The highest BCUT2D eigenvalue weighted by molar-refractivity contribution is 9.10. The Balaban J connectivity index is 2.35. The van der Waals surface area contributed by atoms with Gasteiger partial charge in [-0.25, -0.2) is 4.98 Å². The van der Waals surface area contributed by atoms with Crippen molar-refractivity contribution in [1.82, 2.24) is 9.97 Å². The molecule has 0 bridgehead atoms. The Morgan fingerprint density at radius 2 is 2.50 bits per heavy atom. The molecule has 1 aromatic rings. The van der Waals surface area contributed by atoms with Crippen LogP contribution in [0.15, 0.2) is 9.27 Å². The molecule has 1 saturated heterocycles. The highest BCUT2D eigenvalue weighted by Crippen LogP contribution is 2.37. The highest BCUT2D eigenvalue weighted by atomic mass is 79.9. The summed E-state index contributed by atoms with van der Waals surface area (Å²) in [4.78, 5) is 19.0. The molecule has 1 N–H and O–H groups in total. The number of nitrogens with one attached hydrogen (secondary N) is 1. The molecule has 0 radical (unpaired) electrons. The largest absolute Gasteiger partial charge is 0.378 e. The van der Waals surface area contributed by atoms with Crippen LogP contribution in [0, 0.1) is 0 Å². The molecule has 6 heteroatoms. The van der Waals surface area contributed by atoms with Crippen molar-refractivity contribution < 1.29 is 4.74 Å². The molecule has 0 saturated carbocycles. The van der Waals surface area contributed by atoms with Crippen LogP contribution in [0.25, 0.3) is 0 Å². The molecule has 1 aromatic heterocycles. The van der Waals surface area contributed by atoms with E-state index in [1.165, 1.54) is 6.42 Å². The Kier molecular flexibility index (Phi) is 4.05. The smallest absolute Gasteiger partial charge is 0.265 e. The molecule has 0 spiro atoms. The lowest BCUT2D eigenvalue weighted by atomic mass is 10.2. The number of rotatable bonds is 3. The second-order valence-corrected chi connectivity index (χ2v) is 5.75. The van der Waals surface area contributed by atoms with Crippen LogP contribution in [0.4, 0.5) is 0 Å². The molecule has 4 nitrogen and oxygen atoms in total. The number of nitrogens with zero attached hydrogens (tertiary/aromatic N) is 1. The van der Waals surface area contributed by atoms with Crippen LogP contribution in [-0.4, -0.2) is 22.8 Å². The maximum Gasteiger partial charge on any atom is 0.265 e. The van der Waals surface area contributed by atoms with Gasteiger partial charge in [0.05, 0.1) is 17.6 Å². The van der Waals surface area contributed by atoms with Gasteiger partial charge in [0.25, 0.3) is 5.56 Å². The summed E-state index contributed by atoms with van der Waals surface area (Å²) in [7, 11) is 1.60. The summed E-state index contributed by atoms with van der Waals surface area (Å²) in [5, 5.41) is 0.330. The average Bonchev–Trinajstić information content (AvgIpc) is 2.78. The molecule has 1 atom stereocenters. The SMILES string of the molecule is COCc1nc(C2CCCS2)[nH]c(=O)c1Br. The predicted octanol–water partition coefficient (Wildman–Crippen LogP) is 2.25. The summed E-state index contributed by atoms with van der Waals surface area (Å²) < 4.78 is 5.50. The summed E-state index contributed by atoms with van der Waals surface area (Å²) in [5.74, 6) is 1.92. The molecule has 1 unspecified atom stereocenters. The van der Waals surface area contributed by atoms with E-state index in [9.17, 15) is 4.79 Å². The Hall–Kier alpha value is -0.330. The molecular formula is C10H13BrN2O2S. The third-order valence-electron chi connectivity index (χ3n) is 2.47. The molecule has 2 heterocycles. The van der Waals surface area contributed by atoms with Crippen molar-refractivity contribution in [2.45, 2.75) is 24.7 Å². The molecule has 1 aliphatic rings. The molecule has 0 aliphatic carbocycles. The third kappa shape index (κ3) is 2.49. The van der Waals surface area contributed by atoms with E-state index < -0.39 is 0 Å². The highest BCUT2D eigenvalue weighted by Gasteiger charge is 2.21. The first-order chi connectivity index (χ1) is 7.72. The average molecular weight is 305 g/mol. The van der Waals surface area contributed by atoms with E-state index in [1.54, 1.807) is 7.11 Å². The summed E-state index contributed by atoms with van der Waals surface area (Å²) in [5.41, 5.74) is 0.554. The van der Waals surface area contributed by atoms with Crippen LogP contribution >= 0.6 is 27.7 Å². The standard InChI is InChI=1S/C10H13BrN2O2S/c1-15-5-6-8(11)10(14)13-9(12-6)7-3-2-4-16-7/h7H,2-5H2,1H3,(H,12,13,14). The molecule has 0 amide bonds. The van der Waals surface area contributed by atoms with Gasteiger partial charge < -0.3 is 9.72 Å². The van der Waals surface area contributed by atoms with E-state index in [2.05, 4.69) is 25.9 Å². The first-order valence-corrected chi connectivity index (χ1v) is 6.95. The number of aromatic amines is 1. The van der Waals surface area contributed by atoms with Crippen LogP contribution in [0.5, 0.6) is 0 Å². The van der Waals surface area contributed by atoms with Crippen LogP contribution in [0.1, 0.15) is 29.6 Å². The minimum Gasteiger partial charge on any atom is -0.378 e. The van der Waals surface area contributed by atoms with E-state index in [4.69, 9.17) is 4.74 Å². The van der Waals surface area contributed by atoms with E-state index in [-0.39, 0.29) is 5.56 Å². The Labute approximate surface area is 106 Å². The number of ether oxygens (including phenoxy) is 1. The van der Waals surface area contributed by atoms with Gasteiger partial charge in [-0.3, -0.25) is 4.79 Å². The number of hydrogen-bond donors (Lipinski definition) is 1. The van der Waals surface area contributed by atoms with Gasteiger partial charge in [-0.2, -0.15) is 11.8 Å². The fourth-order valence-electron chi connectivity index (χ4n) is 1.70. The van der Waals surface area contributed by atoms with E-state index in [1.807, 2.05) is 11.8 Å². The van der Waals surface area contributed by atoms with Crippen molar-refractivity contribution >= 4 is 27.7 Å². The number of aromatic nitrogens is 2. The Morgan fingerprint density at radius 3 is 3.12 bits per heavy atom. The first kappa shape index (κ1) is 12.1. The van der Waals surface area contributed by atoms with Gasteiger partial charge in [0.1, 0.15) is 10.3 Å². The van der Waals surface area contributed by atoms with Crippen molar-refractivity contribution in [2.75, 3.05) is 12.9 Å². The molecule has 2 rings (SSSR count). The topological polar surface area (TPSA) is 55.0 Å². The molecule has 16 heavy (non-hydrogen) atoms. The summed E-state index contributed by atoms with van der Waals surface area (Å²) in [6, 6.07) is 0. The maximum absolute atomic E-state index is 11.7. The van der Waals surface area contributed by atoms with Crippen LogP contribution in [-0.2, 0) is 11.3 Å². The van der Waals surface area contributed by atoms with Gasteiger partial charge in [-0.1, -0.05) is 0 Å². The van der Waals surface area contributed by atoms with Crippen LogP contribution in [0.3, 0.4) is 0 Å². The zero-order valence-corrected chi connectivity index (χ0v) is 11.4. The lowest BCUT2D eigenvalue weighted by Crippen LogP contribution is -2.17. The van der Waals surface area contributed by atoms with E-state index in [0.717, 1.165) is 18.0 Å². The monoisotopic (exact) mass is 304 g/mol. The van der Waals surface area contributed by atoms with Gasteiger partial charge >= 0.3 is 0 Å². The van der Waals surface area contributed by atoms with E-state index in [0.29, 0.717) is 22.0 Å². The molecule has 1 fully saturated rings. The number of thioether (sulfide) groups is 1. The quantitative estimate of drug-likeness (QED) is 0.930. The Morgan fingerprint density at radius 1 is 1.69 bits per heavy atom.